The van der Waals surface area contributed by atoms with E-state index in [1.807, 2.05) is 0 Å². The molecular formula is C11H18N4O4S2. The molecule has 0 saturated heterocycles. The number of hydrogen-bond donors (Lipinski definition) is 2. The van der Waals surface area contributed by atoms with Gasteiger partial charge in [-0.05, 0) is 12.1 Å². The Hall–Kier alpha value is -1.26. The highest BCUT2D eigenvalue weighted by Gasteiger charge is 2.08. The zero-order valence-electron chi connectivity index (χ0n) is 11.7. The average Bonchev–Trinajstić information content (AvgIpc) is 2.83. The molecule has 21 heavy (non-hydrogen) atoms. The molecule has 1 heterocycles. The monoisotopic (exact) mass is 334 g/mol. The van der Waals surface area contributed by atoms with Crippen LogP contribution in [0.1, 0.15) is 5.82 Å². The molecule has 2 N–H and O–H groups in total. The van der Waals surface area contributed by atoms with Gasteiger partial charge in [0.1, 0.15) is 12.4 Å². The molecule has 0 bridgehead atoms. The van der Waals surface area contributed by atoms with E-state index >= 15 is 0 Å². The molecule has 1 aromatic rings. The Morgan fingerprint density at radius 2 is 2.29 bits per heavy atom. The Labute approximate surface area is 130 Å². The van der Waals surface area contributed by atoms with Crippen molar-refractivity contribution in [3.8, 4) is 0 Å². The van der Waals surface area contributed by atoms with Gasteiger partial charge in [-0.2, -0.15) is 0 Å². The number of aromatic nitrogens is 2. The number of aryl methyl sites for hydroxylation is 1. The SMILES string of the molecule is Cc1ncc(N=O)n1CCOC(=O)NCCSSCCO. The Kier molecular flexibility index (Phi) is 8.87. The number of hydrogen-bond acceptors (Lipinski definition) is 8. The van der Waals surface area contributed by atoms with Crippen LogP contribution in [0.4, 0.5) is 10.6 Å². The molecule has 0 fully saturated rings. The van der Waals surface area contributed by atoms with Crippen LogP contribution in [-0.2, 0) is 11.3 Å². The maximum atomic E-state index is 11.4. The second-order valence-electron chi connectivity index (χ2n) is 3.84. The molecule has 1 rings (SSSR count). The third-order valence-corrected chi connectivity index (χ3v) is 4.77. The number of imidazole rings is 1. The Balaban J connectivity index is 2.13. The van der Waals surface area contributed by atoms with E-state index in [0.29, 0.717) is 24.7 Å². The van der Waals surface area contributed by atoms with Crippen molar-refractivity contribution in [1.29, 1.82) is 0 Å². The molecule has 118 valence electrons. The van der Waals surface area contributed by atoms with Crippen molar-refractivity contribution >= 4 is 33.5 Å². The lowest BCUT2D eigenvalue weighted by Crippen LogP contribution is -2.27. The number of aliphatic hydroxyl groups is 1. The van der Waals surface area contributed by atoms with Gasteiger partial charge in [-0.1, -0.05) is 21.6 Å². The van der Waals surface area contributed by atoms with E-state index in [1.54, 1.807) is 33.1 Å². The smallest absolute Gasteiger partial charge is 0.407 e. The van der Waals surface area contributed by atoms with Gasteiger partial charge in [-0.15, -0.1) is 4.91 Å². The summed E-state index contributed by atoms with van der Waals surface area (Å²) in [5, 5.41) is 14.0. The first-order valence-electron chi connectivity index (χ1n) is 6.30. The number of rotatable bonds is 10. The van der Waals surface area contributed by atoms with Gasteiger partial charge in [0.25, 0.3) is 0 Å². The molecule has 0 spiro atoms. The van der Waals surface area contributed by atoms with Crippen molar-refractivity contribution in [2.75, 3.05) is 31.3 Å². The second-order valence-corrected chi connectivity index (χ2v) is 6.54. The number of ether oxygens (including phenoxy) is 1. The van der Waals surface area contributed by atoms with Gasteiger partial charge in [0.2, 0.25) is 0 Å². The van der Waals surface area contributed by atoms with Crippen LogP contribution in [-0.4, -0.2) is 52.0 Å². The van der Waals surface area contributed by atoms with Crippen LogP contribution in [0.3, 0.4) is 0 Å². The molecule has 0 unspecified atom stereocenters. The second kappa shape index (κ2) is 10.5. The van der Waals surface area contributed by atoms with E-state index in [-0.39, 0.29) is 19.0 Å². The number of alkyl carbamates (subject to hydrolysis) is 1. The van der Waals surface area contributed by atoms with Crippen LogP contribution in [0.5, 0.6) is 0 Å². The first-order chi connectivity index (χ1) is 10.2. The van der Waals surface area contributed by atoms with Crippen molar-refractivity contribution in [2.24, 2.45) is 5.18 Å². The largest absolute Gasteiger partial charge is 0.448 e. The predicted octanol–water partition coefficient (Wildman–Crippen LogP) is 1.69. The minimum Gasteiger partial charge on any atom is -0.448 e. The quantitative estimate of drug-likeness (QED) is 0.381. The highest BCUT2D eigenvalue weighted by atomic mass is 33.1. The Bertz CT molecular complexity index is 455. The highest BCUT2D eigenvalue weighted by Crippen LogP contribution is 2.19. The third kappa shape index (κ3) is 6.82. The Morgan fingerprint density at radius 1 is 1.52 bits per heavy atom. The van der Waals surface area contributed by atoms with E-state index in [0.717, 1.165) is 5.75 Å². The molecular weight excluding hydrogens is 316 g/mol. The number of amides is 1. The number of nitrogens with one attached hydrogen (secondary N) is 1. The molecule has 1 amide bonds. The van der Waals surface area contributed by atoms with E-state index in [4.69, 9.17) is 9.84 Å². The number of aliphatic hydroxyl groups excluding tert-OH is 1. The van der Waals surface area contributed by atoms with Gasteiger partial charge in [0.15, 0.2) is 5.82 Å². The van der Waals surface area contributed by atoms with Crippen molar-refractivity contribution in [3.05, 3.63) is 16.9 Å². The number of nitroso groups, excluding NO2 is 1. The fraction of sp³-hybridized carbons (Fsp3) is 0.636. The van der Waals surface area contributed by atoms with Gasteiger partial charge in [-0.25, -0.2) is 9.78 Å². The van der Waals surface area contributed by atoms with Crippen molar-refractivity contribution < 1.29 is 14.6 Å². The summed E-state index contributed by atoms with van der Waals surface area (Å²) in [5.41, 5.74) is 0. The number of nitrogens with zero attached hydrogens (tertiary/aromatic N) is 3. The molecule has 0 atom stereocenters. The lowest BCUT2D eigenvalue weighted by molar-refractivity contribution is 0.142. The van der Waals surface area contributed by atoms with Crippen molar-refractivity contribution in [2.45, 2.75) is 13.5 Å². The molecule has 0 saturated carbocycles. The van der Waals surface area contributed by atoms with Crippen molar-refractivity contribution in [1.82, 2.24) is 14.9 Å². The summed E-state index contributed by atoms with van der Waals surface area (Å²) in [6, 6.07) is 0. The fourth-order valence-corrected chi connectivity index (χ4v) is 3.11. The molecule has 10 heteroatoms. The summed E-state index contributed by atoms with van der Waals surface area (Å²) < 4.78 is 6.58. The molecule has 0 radical (unpaired) electrons. The van der Waals surface area contributed by atoms with Gasteiger partial charge in [0, 0.05) is 18.1 Å². The zero-order chi connectivity index (χ0) is 15.5. The predicted molar refractivity (Wildman–Crippen MR) is 83.8 cm³/mol. The number of carbonyl (C=O) groups is 1. The molecule has 0 aromatic carbocycles. The maximum Gasteiger partial charge on any atom is 0.407 e. The van der Waals surface area contributed by atoms with Gasteiger partial charge < -0.3 is 19.7 Å². The normalized spacial score (nSPS) is 10.4. The lowest BCUT2D eigenvalue weighted by atomic mass is 10.6. The van der Waals surface area contributed by atoms with Crippen LogP contribution in [0.25, 0.3) is 0 Å². The molecule has 0 aliphatic rings. The lowest BCUT2D eigenvalue weighted by Gasteiger charge is -2.08. The molecule has 0 aliphatic carbocycles. The molecule has 1 aromatic heterocycles. The summed E-state index contributed by atoms with van der Waals surface area (Å²) in [4.78, 5) is 25.9. The summed E-state index contributed by atoms with van der Waals surface area (Å²) >= 11 is 0. The van der Waals surface area contributed by atoms with Crippen LogP contribution >= 0.6 is 21.6 Å². The summed E-state index contributed by atoms with van der Waals surface area (Å²) in [5.74, 6) is 2.27. The van der Waals surface area contributed by atoms with Crippen LogP contribution in [0, 0.1) is 11.8 Å². The van der Waals surface area contributed by atoms with E-state index in [9.17, 15) is 9.70 Å². The first-order valence-corrected chi connectivity index (χ1v) is 8.79. The van der Waals surface area contributed by atoms with Crippen molar-refractivity contribution in [3.63, 3.8) is 0 Å². The third-order valence-electron chi connectivity index (χ3n) is 2.39. The van der Waals surface area contributed by atoms with Gasteiger partial charge in [-0.3, -0.25) is 0 Å². The minimum atomic E-state index is -0.499. The van der Waals surface area contributed by atoms with Crippen LogP contribution in [0.2, 0.25) is 0 Å². The zero-order valence-corrected chi connectivity index (χ0v) is 13.3. The van der Waals surface area contributed by atoms with E-state index < -0.39 is 6.09 Å². The fourth-order valence-electron chi connectivity index (χ4n) is 1.44. The summed E-state index contributed by atoms with van der Waals surface area (Å²) in [7, 11) is 3.13. The van der Waals surface area contributed by atoms with E-state index in [1.165, 1.54) is 6.20 Å². The maximum absolute atomic E-state index is 11.4. The van der Waals surface area contributed by atoms with Crippen LogP contribution in [0.15, 0.2) is 11.4 Å². The van der Waals surface area contributed by atoms with Crippen LogP contribution < -0.4 is 5.32 Å². The summed E-state index contributed by atoms with van der Waals surface area (Å²) in [6.45, 7) is 2.86. The molecule has 0 aliphatic heterocycles. The number of carbonyl (C=O) groups excluding carboxylic acids is 1. The summed E-state index contributed by atoms with van der Waals surface area (Å²) in [6.07, 6.45) is 0.880. The highest BCUT2D eigenvalue weighted by molar-refractivity contribution is 8.76. The topological polar surface area (TPSA) is 106 Å². The molecule has 8 nitrogen and oxygen atoms in total. The Morgan fingerprint density at radius 3 is 3.00 bits per heavy atom. The minimum absolute atomic E-state index is 0.137. The average molecular weight is 334 g/mol. The first kappa shape index (κ1) is 17.8. The standard InChI is InChI=1S/C11H18N4O4S2/c1-9-13-8-10(14-18)15(9)3-5-19-11(17)12-2-6-20-21-7-4-16/h8,16H,2-7H2,1H3,(H,12,17). The van der Waals surface area contributed by atoms with E-state index in [2.05, 4.69) is 15.5 Å². The van der Waals surface area contributed by atoms with Gasteiger partial charge >= 0.3 is 6.09 Å². The van der Waals surface area contributed by atoms with Gasteiger partial charge in [0.05, 0.1) is 19.3 Å².